The van der Waals surface area contributed by atoms with Crippen LogP contribution in [0.25, 0.3) is 0 Å². The van der Waals surface area contributed by atoms with Gasteiger partial charge in [-0.1, -0.05) is 48.0 Å². The van der Waals surface area contributed by atoms with Crippen molar-refractivity contribution in [1.29, 1.82) is 0 Å². The fourth-order valence-corrected chi connectivity index (χ4v) is 8.53. The van der Waals surface area contributed by atoms with E-state index in [0.29, 0.717) is 59.6 Å². The summed E-state index contributed by atoms with van der Waals surface area (Å²) >= 11 is 6.24. The summed E-state index contributed by atoms with van der Waals surface area (Å²) in [5, 5.41) is 3.44. The summed E-state index contributed by atoms with van der Waals surface area (Å²) in [5.74, 6) is -1.89. The highest BCUT2D eigenvalue weighted by Crippen LogP contribution is 2.35. The standard InChI is InChI=1S/C32H36ClF2N3O3S/c1-20-18-37-19-26(38(20)42(40,41)27-12-13-27)11-14-28-21(5-4-10-29(28)35)17-30(39)32(36)31(22-6-2-8-24(33)15-22)23-7-3-9-25(34)16-23/h2-10,15-16,20,26-27,31-32,37H,11-14,17-19,36H2,1H3/t20-,26-,31-,32+/m0/s1. The minimum absolute atomic E-state index is 0.121. The second kappa shape index (κ2) is 12.9. The Labute approximate surface area is 251 Å². The number of nitrogens with one attached hydrogen (secondary N) is 1. The van der Waals surface area contributed by atoms with Crippen molar-refractivity contribution < 1.29 is 22.0 Å². The van der Waals surface area contributed by atoms with E-state index in [1.807, 2.05) is 6.92 Å². The lowest BCUT2D eigenvalue weighted by atomic mass is 9.82. The first-order valence-electron chi connectivity index (χ1n) is 14.3. The third kappa shape index (κ3) is 6.76. The predicted molar refractivity (Wildman–Crippen MR) is 161 cm³/mol. The molecule has 1 heterocycles. The molecule has 3 N–H and O–H groups in total. The van der Waals surface area contributed by atoms with Gasteiger partial charge in [-0.25, -0.2) is 17.2 Å². The molecule has 1 aliphatic carbocycles. The molecular weight excluding hydrogens is 580 g/mol. The van der Waals surface area contributed by atoms with Crippen molar-refractivity contribution in [3.05, 3.63) is 106 Å². The minimum atomic E-state index is -3.42. The van der Waals surface area contributed by atoms with Crippen LogP contribution in [0.5, 0.6) is 0 Å². The molecule has 3 aromatic rings. The van der Waals surface area contributed by atoms with E-state index in [0.717, 1.165) is 0 Å². The van der Waals surface area contributed by atoms with Crippen LogP contribution in [0.2, 0.25) is 5.02 Å². The molecule has 6 nitrogen and oxygen atoms in total. The maximum atomic E-state index is 15.2. The van der Waals surface area contributed by atoms with Crippen LogP contribution in [-0.2, 0) is 27.7 Å². The number of hydrogen-bond acceptors (Lipinski definition) is 5. The van der Waals surface area contributed by atoms with Crippen molar-refractivity contribution in [3.63, 3.8) is 0 Å². The van der Waals surface area contributed by atoms with E-state index in [9.17, 15) is 17.6 Å². The fraction of sp³-hybridized carbons (Fsp3) is 0.406. The van der Waals surface area contributed by atoms with Crippen LogP contribution in [0.4, 0.5) is 8.78 Å². The van der Waals surface area contributed by atoms with Crippen LogP contribution >= 0.6 is 11.6 Å². The lowest BCUT2D eigenvalue weighted by Gasteiger charge is -2.40. The molecule has 1 saturated carbocycles. The van der Waals surface area contributed by atoms with Gasteiger partial charge in [-0.05, 0) is 85.2 Å². The van der Waals surface area contributed by atoms with Gasteiger partial charge in [-0.3, -0.25) is 4.79 Å². The normalized spacial score (nSPS) is 21.2. The Morgan fingerprint density at radius 1 is 1.05 bits per heavy atom. The SMILES string of the molecule is C[C@H]1CNC[C@H](CCc2c(F)cccc2CC(=O)[C@@H](N)[C@H](c2cccc(F)c2)c2cccc(Cl)c2)N1S(=O)(=O)C1CC1. The molecule has 4 atom stereocenters. The summed E-state index contributed by atoms with van der Waals surface area (Å²) < 4.78 is 57.5. The average molecular weight is 616 g/mol. The molecule has 0 spiro atoms. The van der Waals surface area contributed by atoms with Crippen molar-refractivity contribution in [3.8, 4) is 0 Å². The molecule has 2 aliphatic rings. The summed E-state index contributed by atoms with van der Waals surface area (Å²) in [6.07, 6.45) is 1.91. The molecule has 0 amide bonds. The molecule has 42 heavy (non-hydrogen) atoms. The van der Waals surface area contributed by atoms with E-state index >= 15 is 4.39 Å². The van der Waals surface area contributed by atoms with Crippen molar-refractivity contribution in [2.45, 2.75) is 68.3 Å². The maximum Gasteiger partial charge on any atom is 0.217 e. The van der Waals surface area contributed by atoms with Gasteiger partial charge in [0.05, 0.1) is 11.3 Å². The van der Waals surface area contributed by atoms with Gasteiger partial charge in [-0.2, -0.15) is 4.31 Å². The zero-order valence-electron chi connectivity index (χ0n) is 23.5. The number of piperazine rings is 1. The largest absolute Gasteiger partial charge is 0.321 e. The van der Waals surface area contributed by atoms with E-state index in [-0.39, 0.29) is 36.0 Å². The van der Waals surface area contributed by atoms with Crippen LogP contribution in [-0.4, -0.2) is 55.0 Å². The van der Waals surface area contributed by atoms with Gasteiger partial charge in [-0.15, -0.1) is 0 Å². The Kier molecular flexibility index (Phi) is 9.44. The van der Waals surface area contributed by atoms with E-state index in [4.69, 9.17) is 17.3 Å². The third-order valence-corrected chi connectivity index (χ3v) is 11.1. The number of nitrogens with zero attached hydrogens (tertiary/aromatic N) is 1. The smallest absolute Gasteiger partial charge is 0.217 e. The van der Waals surface area contributed by atoms with Crippen LogP contribution in [0.3, 0.4) is 0 Å². The zero-order valence-corrected chi connectivity index (χ0v) is 25.1. The van der Waals surface area contributed by atoms with Crippen molar-refractivity contribution >= 4 is 27.4 Å². The van der Waals surface area contributed by atoms with E-state index < -0.39 is 33.6 Å². The predicted octanol–water partition coefficient (Wildman–Crippen LogP) is 4.98. The molecule has 10 heteroatoms. The second-order valence-corrected chi connectivity index (χ2v) is 14.0. The Bertz CT molecular complexity index is 1500. The molecule has 0 aromatic heterocycles. The first-order chi connectivity index (χ1) is 20.1. The number of carbonyl (C=O) groups is 1. The summed E-state index contributed by atoms with van der Waals surface area (Å²) in [4.78, 5) is 13.7. The number of hydrogen-bond donors (Lipinski definition) is 2. The number of benzene rings is 3. The average Bonchev–Trinajstić information content (AvgIpc) is 3.79. The lowest BCUT2D eigenvalue weighted by Crippen LogP contribution is -2.59. The van der Waals surface area contributed by atoms with Gasteiger partial charge in [0.1, 0.15) is 11.6 Å². The minimum Gasteiger partial charge on any atom is -0.321 e. The van der Waals surface area contributed by atoms with Gasteiger partial charge in [0, 0.05) is 42.5 Å². The molecule has 1 saturated heterocycles. The van der Waals surface area contributed by atoms with Gasteiger partial charge < -0.3 is 11.1 Å². The lowest BCUT2D eigenvalue weighted by molar-refractivity contribution is -0.119. The van der Waals surface area contributed by atoms with E-state index in [1.165, 1.54) is 18.2 Å². The van der Waals surface area contributed by atoms with Gasteiger partial charge in [0.2, 0.25) is 10.0 Å². The number of sulfonamides is 1. The highest BCUT2D eigenvalue weighted by molar-refractivity contribution is 7.90. The molecule has 5 rings (SSSR count). The number of ketones is 1. The molecule has 0 unspecified atom stereocenters. The number of nitrogens with two attached hydrogens (primary N) is 1. The van der Waals surface area contributed by atoms with Crippen molar-refractivity contribution in [2.24, 2.45) is 5.73 Å². The number of halogens is 3. The van der Waals surface area contributed by atoms with Crippen molar-refractivity contribution in [2.75, 3.05) is 13.1 Å². The quantitative estimate of drug-likeness (QED) is 0.318. The number of carbonyl (C=O) groups excluding carboxylic acids is 1. The highest BCUT2D eigenvalue weighted by Gasteiger charge is 2.45. The van der Waals surface area contributed by atoms with Crippen LogP contribution in [0.15, 0.2) is 66.7 Å². The first kappa shape index (κ1) is 30.8. The number of rotatable bonds is 11. The zero-order chi connectivity index (χ0) is 30.0. The third-order valence-electron chi connectivity index (χ3n) is 8.31. The molecule has 3 aromatic carbocycles. The Balaban J connectivity index is 1.37. The second-order valence-electron chi connectivity index (χ2n) is 11.4. The molecular formula is C32H36ClF2N3O3S. The fourth-order valence-electron chi connectivity index (χ4n) is 6.08. The highest BCUT2D eigenvalue weighted by atomic mass is 35.5. The molecule has 1 aliphatic heterocycles. The Hall–Kier alpha value is -2.69. The Morgan fingerprint density at radius 3 is 2.43 bits per heavy atom. The molecule has 0 radical (unpaired) electrons. The van der Waals surface area contributed by atoms with Gasteiger partial charge in [0.15, 0.2) is 5.78 Å². The number of Topliss-reactive ketones (excluding diaryl/α,β-unsaturated/α-hetero) is 1. The summed E-state index contributed by atoms with van der Waals surface area (Å²) in [5.41, 5.74) is 8.67. The summed E-state index contributed by atoms with van der Waals surface area (Å²) in [6.45, 7) is 2.94. The van der Waals surface area contributed by atoms with Crippen LogP contribution in [0, 0.1) is 11.6 Å². The van der Waals surface area contributed by atoms with E-state index in [2.05, 4.69) is 5.32 Å². The monoisotopic (exact) mass is 615 g/mol. The van der Waals surface area contributed by atoms with Crippen LogP contribution in [0.1, 0.15) is 54.4 Å². The molecule has 224 valence electrons. The molecule has 2 fully saturated rings. The topological polar surface area (TPSA) is 92.5 Å². The summed E-state index contributed by atoms with van der Waals surface area (Å²) in [6, 6.07) is 16.0. The van der Waals surface area contributed by atoms with Gasteiger partial charge >= 0.3 is 0 Å². The molecule has 0 bridgehead atoms. The van der Waals surface area contributed by atoms with Crippen molar-refractivity contribution in [1.82, 2.24) is 9.62 Å². The Morgan fingerprint density at radius 2 is 1.74 bits per heavy atom. The van der Waals surface area contributed by atoms with E-state index in [1.54, 1.807) is 52.8 Å². The summed E-state index contributed by atoms with van der Waals surface area (Å²) in [7, 11) is -3.42. The first-order valence-corrected chi connectivity index (χ1v) is 16.2. The van der Waals surface area contributed by atoms with Gasteiger partial charge in [0.25, 0.3) is 0 Å². The van der Waals surface area contributed by atoms with Crippen LogP contribution < -0.4 is 11.1 Å². The maximum absolute atomic E-state index is 15.2.